The lowest BCUT2D eigenvalue weighted by Crippen LogP contribution is -2.29. The summed E-state index contributed by atoms with van der Waals surface area (Å²) in [5.41, 5.74) is 8.51. The largest absolute Gasteiger partial charge is 0.480 e. The minimum absolute atomic E-state index is 0.0402. The number of aromatic hydroxyl groups is 1. The van der Waals surface area contributed by atoms with Gasteiger partial charge in [0, 0.05) is 31.8 Å². The molecule has 0 bridgehead atoms. The Bertz CT molecular complexity index is 1390. The van der Waals surface area contributed by atoms with Crippen LogP contribution in [-0.2, 0) is 17.9 Å². The first-order valence-corrected chi connectivity index (χ1v) is 12.6. The van der Waals surface area contributed by atoms with Gasteiger partial charge in [-0.25, -0.2) is 4.98 Å². The van der Waals surface area contributed by atoms with Gasteiger partial charge in [-0.2, -0.15) is 15.0 Å². The molecular formula is C27H33N7O4. The lowest BCUT2D eigenvalue weighted by molar-refractivity contribution is -0.133. The van der Waals surface area contributed by atoms with E-state index in [0.29, 0.717) is 35.9 Å². The molecule has 1 amide bonds. The number of pyridine rings is 1. The van der Waals surface area contributed by atoms with Gasteiger partial charge in [-0.1, -0.05) is 45.4 Å². The van der Waals surface area contributed by atoms with E-state index in [1.54, 1.807) is 24.2 Å². The zero-order valence-electron chi connectivity index (χ0n) is 22.1. The van der Waals surface area contributed by atoms with E-state index in [1.165, 1.54) is 4.57 Å². The molecule has 4 rings (SSSR count). The maximum absolute atomic E-state index is 12.1. The van der Waals surface area contributed by atoms with Crippen LogP contribution in [0.3, 0.4) is 0 Å². The monoisotopic (exact) mass is 519 g/mol. The summed E-state index contributed by atoms with van der Waals surface area (Å²) in [6.45, 7) is 7.11. The van der Waals surface area contributed by atoms with Gasteiger partial charge in [0.1, 0.15) is 5.75 Å². The van der Waals surface area contributed by atoms with Crippen molar-refractivity contribution in [2.45, 2.75) is 46.7 Å². The topological polar surface area (TPSA) is 142 Å². The molecule has 11 heteroatoms. The highest BCUT2D eigenvalue weighted by atomic mass is 16.5. The number of rotatable bonds is 11. The number of carbonyl (C=O) groups is 1. The minimum atomic E-state index is -0.229. The van der Waals surface area contributed by atoms with Crippen LogP contribution in [0.5, 0.6) is 23.7 Å². The van der Waals surface area contributed by atoms with Crippen LogP contribution >= 0.6 is 0 Å². The zero-order valence-corrected chi connectivity index (χ0v) is 22.1. The molecule has 0 unspecified atom stereocenters. The van der Waals surface area contributed by atoms with E-state index in [-0.39, 0.29) is 36.2 Å². The number of hydrogen-bond acceptors (Lipinski definition) is 9. The molecule has 0 aliphatic heterocycles. The molecule has 0 radical (unpaired) electrons. The van der Waals surface area contributed by atoms with Gasteiger partial charge in [-0.3, -0.25) is 9.36 Å². The van der Waals surface area contributed by atoms with Gasteiger partial charge in [-0.05, 0) is 29.7 Å². The standard InChI is InChI=1S/C27H33N7O4/c1-5-6-13-37-26-31-23(28)22-24(32-26)34(27(36)30-22)16-19-9-12-21(29-14-19)38-20-10-7-18(8-11-20)15-33(4)25(35)17(2)3/h7-12,14,17H,5-6,13,15-16H2,1-4H3,(H,30,36)(H2,28,31,32). The summed E-state index contributed by atoms with van der Waals surface area (Å²) in [5.74, 6) is 1.26. The summed E-state index contributed by atoms with van der Waals surface area (Å²) in [4.78, 5) is 30.8. The van der Waals surface area contributed by atoms with Crippen LogP contribution in [0.2, 0.25) is 0 Å². The quantitative estimate of drug-likeness (QED) is 0.280. The first-order chi connectivity index (χ1) is 18.2. The highest BCUT2D eigenvalue weighted by molar-refractivity contribution is 5.83. The lowest BCUT2D eigenvalue weighted by Gasteiger charge is -2.19. The molecule has 0 aliphatic carbocycles. The van der Waals surface area contributed by atoms with Gasteiger partial charge in [0.2, 0.25) is 11.8 Å². The molecule has 4 aromatic rings. The Morgan fingerprint density at radius 3 is 2.50 bits per heavy atom. The fourth-order valence-corrected chi connectivity index (χ4v) is 3.83. The van der Waals surface area contributed by atoms with Crippen molar-refractivity contribution in [2.75, 3.05) is 19.4 Å². The second kappa shape index (κ2) is 11.8. The molecule has 11 nitrogen and oxygen atoms in total. The Hall–Kier alpha value is -4.41. The van der Waals surface area contributed by atoms with E-state index in [2.05, 4.69) is 26.9 Å². The lowest BCUT2D eigenvalue weighted by atomic mass is 10.1. The molecule has 0 fully saturated rings. The summed E-state index contributed by atoms with van der Waals surface area (Å²) in [7, 11) is 1.80. The Kier molecular flexibility index (Phi) is 8.25. The number of fused-ring (bicyclic) bond motifs is 1. The predicted molar refractivity (Wildman–Crippen MR) is 143 cm³/mol. The van der Waals surface area contributed by atoms with Gasteiger partial charge < -0.3 is 25.2 Å². The molecule has 3 heterocycles. The number of benzene rings is 1. The molecule has 0 spiro atoms. The predicted octanol–water partition coefficient (Wildman–Crippen LogP) is 4.14. The van der Waals surface area contributed by atoms with Crippen LogP contribution in [0.1, 0.15) is 44.7 Å². The molecule has 0 aliphatic rings. The smallest absolute Gasteiger partial charge is 0.320 e. The molecule has 3 N–H and O–H groups in total. The van der Waals surface area contributed by atoms with Crippen LogP contribution in [0.25, 0.3) is 11.2 Å². The van der Waals surface area contributed by atoms with Gasteiger partial charge in [-0.15, -0.1) is 0 Å². The number of carbonyl (C=O) groups excluding carboxylic acids is 1. The van der Waals surface area contributed by atoms with E-state index in [9.17, 15) is 9.90 Å². The van der Waals surface area contributed by atoms with Crippen LogP contribution in [-0.4, -0.2) is 54.1 Å². The second-order valence-corrected chi connectivity index (χ2v) is 9.36. The van der Waals surface area contributed by atoms with E-state index in [4.69, 9.17) is 15.2 Å². The van der Waals surface area contributed by atoms with Gasteiger partial charge in [0.25, 0.3) is 6.01 Å². The summed E-state index contributed by atoms with van der Waals surface area (Å²) in [6, 6.07) is 11.1. The van der Waals surface area contributed by atoms with Crippen molar-refractivity contribution in [3.63, 3.8) is 0 Å². The number of nitrogens with zero attached hydrogens (tertiary/aromatic N) is 6. The van der Waals surface area contributed by atoms with E-state index in [0.717, 1.165) is 24.0 Å². The number of imidazole rings is 1. The summed E-state index contributed by atoms with van der Waals surface area (Å²) in [6.07, 6.45) is 3.50. The Labute approximate surface area is 221 Å². The highest BCUT2D eigenvalue weighted by Gasteiger charge is 2.18. The number of nitrogens with two attached hydrogens (primary N) is 1. The van der Waals surface area contributed by atoms with Crippen LogP contribution in [0.4, 0.5) is 5.82 Å². The van der Waals surface area contributed by atoms with E-state index in [1.807, 2.05) is 44.2 Å². The van der Waals surface area contributed by atoms with Crippen LogP contribution < -0.4 is 15.2 Å². The number of unbranched alkanes of at least 4 members (excludes halogenated alkanes) is 1. The molecule has 38 heavy (non-hydrogen) atoms. The first-order valence-electron chi connectivity index (χ1n) is 12.6. The third-order valence-electron chi connectivity index (χ3n) is 5.88. The van der Waals surface area contributed by atoms with Gasteiger partial charge >= 0.3 is 6.01 Å². The van der Waals surface area contributed by atoms with Crippen molar-refractivity contribution in [3.05, 3.63) is 53.7 Å². The number of hydrogen-bond donors (Lipinski definition) is 2. The molecule has 200 valence electrons. The van der Waals surface area contributed by atoms with Gasteiger partial charge in [0.15, 0.2) is 17.0 Å². The fraction of sp³-hybridized carbons (Fsp3) is 0.370. The third kappa shape index (κ3) is 6.28. The summed E-state index contributed by atoms with van der Waals surface area (Å²) < 4.78 is 13.0. The Morgan fingerprint density at radius 1 is 1.11 bits per heavy atom. The molecular weight excluding hydrogens is 486 g/mol. The van der Waals surface area contributed by atoms with Gasteiger partial charge in [0.05, 0.1) is 13.2 Å². The average Bonchev–Trinajstić information content (AvgIpc) is 3.21. The van der Waals surface area contributed by atoms with Crippen molar-refractivity contribution in [3.8, 4) is 23.7 Å². The molecule has 1 aromatic carbocycles. The van der Waals surface area contributed by atoms with Crippen molar-refractivity contribution < 1.29 is 19.4 Å². The first kappa shape index (κ1) is 26.6. The second-order valence-electron chi connectivity index (χ2n) is 9.36. The number of ether oxygens (including phenoxy) is 2. The maximum atomic E-state index is 12.1. The molecule has 3 aromatic heterocycles. The Morgan fingerprint density at radius 2 is 1.84 bits per heavy atom. The van der Waals surface area contributed by atoms with E-state index < -0.39 is 0 Å². The van der Waals surface area contributed by atoms with Crippen molar-refractivity contribution in [2.24, 2.45) is 5.92 Å². The number of anilines is 1. The number of aromatic nitrogens is 5. The number of nitrogen functional groups attached to an aromatic ring is 1. The molecule has 0 saturated heterocycles. The van der Waals surface area contributed by atoms with Crippen LogP contribution in [0, 0.1) is 5.92 Å². The SMILES string of the molecule is CCCCOc1nc(N)c2nc(O)n(Cc3ccc(Oc4ccc(CN(C)C(=O)C(C)C)cc4)nc3)c2n1. The number of amides is 1. The van der Waals surface area contributed by atoms with Crippen molar-refractivity contribution in [1.82, 2.24) is 29.4 Å². The average molecular weight is 520 g/mol. The normalized spacial score (nSPS) is 11.2. The van der Waals surface area contributed by atoms with Crippen molar-refractivity contribution >= 4 is 22.9 Å². The van der Waals surface area contributed by atoms with E-state index >= 15 is 0 Å². The van der Waals surface area contributed by atoms with Crippen molar-refractivity contribution in [1.29, 1.82) is 0 Å². The third-order valence-corrected chi connectivity index (χ3v) is 5.88. The fourth-order valence-electron chi connectivity index (χ4n) is 3.83. The zero-order chi connectivity index (χ0) is 27.2. The Balaban J connectivity index is 1.42. The molecule has 0 atom stereocenters. The summed E-state index contributed by atoms with van der Waals surface area (Å²) in [5, 5.41) is 10.4. The van der Waals surface area contributed by atoms with Crippen LogP contribution in [0.15, 0.2) is 42.6 Å². The summed E-state index contributed by atoms with van der Waals surface area (Å²) >= 11 is 0. The molecule has 0 saturated carbocycles. The maximum Gasteiger partial charge on any atom is 0.320 e. The minimum Gasteiger partial charge on any atom is -0.480 e. The highest BCUT2D eigenvalue weighted by Crippen LogP contribution is 2.26.